The van der Waals surface area contributed by atoms with Gasteiger partial charge in [0.05, 0.1) is 4.90 Å². The molecule has 0 unspecified atom stereocenters. The first kappa shape index (κ1) is 23.7. The number of benzene rings is 3. The molecule has 2 N–H and O–H groups in total. The van der Waals surface area contributed by atoms with Crippen LogP contribution in [-0.4, -0.2) is 55.1 Å². The first-order valence-corrected chi connectivity index (χ1v) is 12.4. The summed E-state index contributed by atoms with van der Waals surface area (Å²) in [5.74, 6) is -0.325. The van der Waals surface area contributed by atoms with Crippen LogP contribution in [0.2, 0.25) is 0 Å². The lowest BCUT2D eigenvalue weighted by atomic mass is 10.1. The summed E-state index contributed by atoms with van der Waals surface area (Å²) in [5.41, 5.74) is 3.06. The molecule has 34 heavy (non-hydrogen) atoms. The number of carbonyl (C=O) groups is 1. The van der Waals surface area contributed by atoms with Crippen molar-refractivity contribution >= 4 is 21.8 Å². The van der Waals surface area contributed by atoms with Crippen molar-refractivity contribution in [1.29, 1.82) is 0 Å². The van der Waals surface area contributed by atoms with Crippen molar-refractivity contribution in [3.63, 3.8) is 0 Å². The van der Waals surface area contributed by atoms with Gasteiger partial charge in [0, 0.05) is 37.9 Å². The lowest BCUT2D eigenvalue weighted by molar-refractivity contribution is 0.0711. The average molecular weight is 484 g/mol. The zero-order valence-corrected chi connectivity index (χ0v) is 19.5. The molecule has 1 amide bonds. The predicted molar refractivity (Wildman–Crippen MR) is 129 cm³/mol. The smallest absolute Gasteiger partial charge is 0.407 e. The Balaban J connectivity index is 1.38. The molecule has 1 aliphatic heterocycles. The number of rotatable bonds is 6. The van der Waals surface area contributed by atoms with Crippen LogP contribution in [0.25, 0.3) is 11.1 Å². The summed E-state index contributed by atoms with van der Waals surface area (Å²) < 4.78 is 41.3. The molecule has 7 nitrogen and oxygen atoms in total. The fourth-order valence-corrected chi connectivity index (χ4v) is 5.14. The monoisotopic (exact) mass is 483 g/mol. The van der Waals surface area contributed by atoms with Crippen molar-refractivity contribution < 1.29 is 22.7 Å². The van der Waals surface area contributed by atoms with E-state index in [1.807, 2.05) is 19.1 Å². The maximum Gasteiger partial charge on any atom is 0.407 e. The Labute approximate surface area is 198 Å². The number of piperazine rings is 1. The van der Waals surface area contributed by atoms with Crippen molar-refractivity contribution in [2.75, 3.05) is 24.4 Å². The summed E-state index contributed by atoms with van der Waals surface area (Å²) in [6.45, 7) is 4.32. The van der Waals surface area contributed by atoms with E-state index >= 15 is 0 Å². The largest absolute Gasteiger partial charge is 0.465 e. The lowest BCUT2D eigenvalue weighted by Crippen LogP contribution is -2.53. The topological polar surface area (TPSA) is 90.0 Å². The van der Waals surface area contributed by atoms with Gasteiger partial charge in [0.25, 0.3) is 10.0 Å². The van der Waals surface area contributed by atoms with Crippen LogP contribution in [0.15, 0.2) is 77.7 Å². The molecule has 0 aromatic heterocycles. The summed E-state index contributed by atoms with van der Waals surface area (Å²) in [6, 6.07) is 19.5. The standard InChI is InChI=1S/C25H26FN3O4S/c1-18-16-28(14-15-29(18)25(30)31)17-19-2-10-23(11-3-19)27-34(32,33)24-12-6-21(7-13-24)20-4-8-22(26)9-5-20/h2-13,18,27H,14-17H2,1H3,(H,30,31)/t18-/m0/s1. The van der Waals surface area contributed by atoms with Gasteiger partial charge in [0.2, 0.25) is 0 Å². The number of anilines is 1. The third-order valence-electron chi connectivity index (χ3n) is 5.91. The van der Waals surface area contributed by atoms with Crippen LogP contribution in [0.5, 0.6) is 0 Å². The highest BCUT2D eigenvalue weighted by molar-refractivity contribution is 7.92. The minimum atomic E-state index is -3.76. The van der Waals surface area contributed by atoms with E-state index in [9.17, 15) is 22.7 Å². The van der Waals surface area contributed by atoms with Crippen LogP contribution in [0.1, 0.15) is 12.5 Å². The number of hydrogen-bond acceptors (Lipinski definition) is 4. The van der Waals surface area contributed by atoms with Crippen molar-refractivity contribution in [2.24, 2.45) is 0 Å². The van der Waals surface area contributed by atoms with E-state index in [2.05, 4.69) is 9.62 Å². The maximum atomic E-state index is 13.1. The van der Waals surface area contributed by atoms with E-state index < -0.39 is 16.1 Å². The van der Waals surface area contributed by atoms with Crippen molar-refractivity contribution in [2.45, 2.75) is 24.4 Å². The van der Waals surface area contributed by atoms with E-state index in [4.69, 9.17) is 0 Å². The Hall–Kier alpha value is -3.43. The highest BCUT2D eigenvalue weighted by Gasteiger charge is 2.26. The van der Waals surface area contributed by atoms with E-state index in [0.29, 0.717) is 31.9 Å². The van der Waals surface area contributed by atoms with Gasteiger partial charge < -0.3 is 10.0 Å². The Morgan fingerprint density at radius 2 is 1.56 bits per heavy atom. The number of sulfonamides is 1. The molecule has 178 valence electrons. The molecule has 3 aromatic carbocycles. The fourth-order valence-electron chi connectivity index (χ4n) is 4.08. The summed E-state index contributed by atoms with van der Waals surface area (Å²) in [4.78, 5) is 15.0. The molecular formula is C25H26FN3O4S. The molecule has 1 fully saturated rings. The number of hydrogen-bond donors (Lipinski definition) is 2. The first-order valence-electron chi connectivity index (χ1n) is 10.9. The van der Waals surface area contributed by atoms with Crippen LogP contribution >= 0.6 is 0 Å². The van der Waals surface area contributed by atoms with Gasteiger partial charge in [-0.05, 0) is 60.0 Å². The Morgan fingerprint density at radius 3 is 2.12 bits per heavy atom. The zero-order valence-electron chi connectivity index (χ0n) is 18.7. The minimum Gasteiger partial charge on any atom is -0.465 e. The van der Waals surface area contributed by atoms with Crippen molar-refractivity contribution in [1.82, 2.24) is 9.80 Å². The van der Waals surface area contributed by atoms with Gasteiger partial charge in [-0.2, -0.15) is 0 Å². The van der Waals surface area contributed by atoms with Crippen LogP contribution in [0.4, 0.5) is 14.9 Å². The maximum absolute atomic E-state index is 13.1. The van der Waals surface area contributed by atoms with Crippen molar-refractivity contribution in [3.8, 4) is 11.1 Å². The molecule has 1 aliphatic rings. The summed E-state index contributed by atoms with van der Waals surface area (Å²) in [7, 11) is -3.76. The molecule has 0 radical (unpaired) electrons. The van der Waals surface area contributed by atoms with E-state index in [1.54, 1.807) is 36.4 Å². The third kappa shape index (κ3) is 5.55. The molecule has 0 bridgehead atoms. The molecular weight excluding hydrogens is 457 g/mol. The second-order valence-corrected chi connectivity index (χ2v) is 10.1. The highest BCUT2D eigenvalue weighted by Crippen LogP contribution is 2.23. The quantitative estimate of drug-likeness (QED) is 0.540. The summed E-state index contributed by atoms with van der Waals surface area (Å²) in [6.07, 6.45) is -0.895. The van der Waals surface area contributed by atoms with Gasteiger partial charge in [-0.25, -0.2) is 17.6 Å². The van der Waals surface area contributed by atoms with Crippen LogP contribution in [0.3, 0.4) is 0 Å². The normalized spacial score (nSPS) is 16.9. The number of halogens is 1. The van der Waals surface area contributed by atoms with Crippen LogP contribution in [-0.2, 0) is 16.6 Å². The van der Waals surface area contributed by atoms with Gasteiger partial charge in [0.1, 0.15) is 5.82 Å². The van der Waals surface area contributed by atoms with E-state index in [0.717, 1.165) is 16.7 Å². The highest BCUT2D eigenvalue weighted by atomic mass is 32.2. The van der Waals surface area contributed by atoms with Gasteiger partial charge >= 0.3 is 6.09 Å². The molecule has 1 atom stereocenters. The van der Waals surface area contributed by atoms with Crippen LogP contribution in [0, 0.1) is 5.82 Å². The Morgan fingerprint density at radius 1 is 0.971 bits per heavy atom. The molecule has 1 saturated heterocycles. The second-order valence-electron chi connectivity index (χ2n) is 8.39. The number of nitrogens with one attached hydrogen (secondary N) is 1. The second kappa shape index (κ2) is 9.82. The number of amides is 1. The van der Waals surface area contributed by atoms with Crippen LogP contribution < -0.4 is 4.72 Å². The van der Waals surface area contributed by atoms with Gasteiger partial charge in [-0.3, -0.25) is 9.62 Å². The van der Waals surface area contributed by atoms with Gasteiger partial charge in [-0.15, -0.1) is 0 Å². The SMILES string of the molecule is C[C@H]1CN(Cc2ccc(NS(=O)(=O)c3ccc(-c4ccc(F)cc4)cc3)cc2)CCN1C(=O)O. The minimum absolute atomic E-state index is 0.0771. The molecule has 0 spiro atoms. The summed E-state index contributed by atoms with van der Waals surface area (Å²) in [5, 5.41) is 9.20. The van der Waals surface area contributed by atoms with Crippen molar-refractivity contribution in [3.05, 3.63) is 84.2 Å². The number of carboxylic acid groups (broad SMARTS) is 1. The molecule has 3 aromatic rings. The third-order valence-corrected chi connectivity index (χ3v) is 7.31. The Bertz CT molecular complexity index is 1250. The fraction of sp³-hybridized carbons (Fsp3) is 0.240. The first-order chi connectivity index (χ1) is 16.2. The molecule has 4 rings (SSSR count). The van der Waals surface area contributed by atoms with E-state index in [-0.39, 0.29) is 16.8 Å². The van der Waals surface area contributed by atoms with Gasteiger partial charge in [-0.1, -0.05) is 36.4 Å². The molecule has 9 heteroatoms. The molecule has 0 aliphatic carbocycles. The lowest BCUT2D eigenvalue weighted by Gasteiger charge is -2.38. The number of nitrogens with zero attached hydrogens (tertiary/aromatic N) is 2. The van der Waals surface area contributed by atoms with Gasteiger partial charge in [0.15, 0.2) is 0 Å². The Kier molecular flexibility index (Phi) is 6.85. The average Bonchev–Trinajstić information content (AvgIpc) is 2.81. The van der Waals surface area contributed by atoms with E-state index in [1.165, 1.54) is 29.2 Å². The predicted octanol–water partition coefficient (Wildman–Crippen LogP) is 4.48. The molecule has 1 heterocycles. The zero-order chi connectivity index (χ0) is 24.3. The summed E-state index contributed by atoms with van der Waals surface area (Å²) >= 11 is 0. The molecule has 0 saturated carbocycles.